The van der Waals surface area contributed by atoms with Gasteiger partial charge in [-0.25, -0.2) is 0 Å². The van der Waals surface area contributed by atoms with Gasteiger partial charge in [-0.15, -0.1) is 0 Å². The lowest BCUT2D eigenvalue weighted by molar-refractivity contribution is -0.157. The molecule has 7 heteroatoms. The Labute approximate surface area is 121 Å². The molecule has 116 valence electrons. The van der Waals surface area contributed by atoms with E-state index in [1.165, 1.54) is 20.3 Å². The summed E-state index contributed by atoms with van der Waals surface area (Å²) in [6, 6.07) is 6.57. The van der Waals surface area contributed by atoms with E-state index < -0.39 is 18.6 Å². The largest absolute Gasteiger partial charge is 0.493 e. The van der Waals surface area contributed by atoms with Crippen LogP contribution in [0, 0.1) is 17.2 Å². The monoisotopic (exact) mass is 302 g/mol. The summed E-state index contributed by atoms with van der Waals surface area (Å²) in [4.78, 5) is 0. The number of nitrogens with one attached hydrogen (secondary N) is 1. The SMILES string of the molecule is COc1ccc(CCNCC(C#N)C(F)(F)F)cc1OC. The third-order valence-corrected chi connectivity index (χ3v) is 2.94. The van der Waals surface area contributed by atoms with Gasteiger partial charge < -0.3 is 14.8 Å². The molecule has 1 N–H and O–H groups in total. The number of rotatable bonds is 7. The van der Waals surface area contributed by atoms with Crippen LogP contribution in [0.15, 0.2) is 18.2 Å². The molecule has 0 spiro atoms. The van der Waals surface area contributed by atoms with Crippen molar-refractivity contribution in [3.05, 3.63) is 23.8 Å². The molecule has 1 aromatic rings. The summed E-state index contributed by atoms with van der Waals surface area (Å²) in [7, 11) is 3.04. The van der Waals surface area contributed by atoms with Crippen molar-refractivity contribution >= 4 is 0 Å². The van der Waals surface area contributed by atoms with Crippen molar-refractivity contribution < 1.29 is 22.6 Å². The maximum absolute atomic E-state index is 12.4. The highest BCUT2D eigenvalue weighted by Crippen LogP contribution is 2.27. The van der Waals surface area contributed by atoms with Gasteiger partial charge in [0.05, 0.1) is 20.3 Å². The topological polar surface area (TPSA) is 54.3 Å². The second kappa shape index (κ2) is 7.74. The van der Waals surface area contributed by atoms with Crippen molar-refractivity contribution in [2.75, 3.05) is 27.3 Å². The Morgan fingerprint density at radius 1 is 1.24 bits per heavy atom. The molecule has 1 aromatic carbocycles. The molecule has 1 unspecified atom stereocenters. The highest BCUT2D eigenvalue weighted by Gasteiger charge is 2.39. The summed E-state index contributed by atoms with van der Waals surface area (Å²) in [5.41, 5.74) is 0.903. The van der Waals surface area contributed by atoms with Crippen molar-refractivity contribution in [3.8, 4) is 17.6 Å². The van der Waals surface area contributed by atoms with Crippen molar-refractivity contribution in [2.45, 2.75) is 12.6 Å². The molecule has 21 heavy (non-hydrogen) atoms. The fraction of sp³-hybridized carbons (Fsp3) is 0.500. The molecule has 0 amide bonds. The van der Waals surface area contributed by atoms with Gasteiger partial charge in [-0.1, -0.05) is 6.07 Å². The first-order valence-electron chi connectivity index (χ1n) is 6.30. The molecule has 0 fully saturated rings. The smallest absolute Gasteiger partial charge is 0.405 e. The number of alkyl halides is 3. The lowest BCUT2D eigenvalue weighted by Crippen LogP contribution is -2.33. The molecule has 0 saturated carbocycles. The summed E-state index contributed by atoms with van der Waals surface area (Å²) in [6.07, 6.45) is -3.97. The fourth-order valence-electron chi connectivity index (χ4n) is 1.75. The first-order valence-corrected chi connectivity index (χ1v) is 6.30. The van der Waals surface area contributed by atoms with Crippen molar-refractivity contribution in [2.24, 2.45) is 5.92 Å². The average Bonchev–Trinajstić information content (AvgIpc) is 2.45. The Bertz CT molecular complexity index is 498. The van der Waals surface area contributed by atoms with Gasteiger partial charge in [-0.2, -0.15) is 18.4 Å². The summed E-state index contributed by atoms with van der Waals surface area (Å²) in [5, 5.41) is 11.1. The molecular weight excluding hydrogens is 285 g/mol. The molecule has 0 aliphatic heterocycles. The minimum atomic E-state index is -4.49. The second-order valence-electron chi connectivity index (χ2n) is 4.37. The van der Waals surface area contributed by atoms with E-state index >= 15 is 0 Å². The molecule has 4 nitrogen and oxygen atoms in total. The van der Waals surface area contributed by atoms with Crippen LogP contribution in [0.2, 0.25) is 0 Å². The molecule has 1 atom stereocenters. The van der Waals surface area contributed by atoms with Crippen molar-refractivity contribution in [1.29, 1.82) is 5.26 Å². The number of benzene rings is 1. The number of ether oxygens (including phenoxy) is 2. The zero-order valence-corrected chi connectivity index (χ0v) is 11.8. The van der Waals surface area contributed by atoms with E-state index in [4.69, 9.17) is 14.7 Å². The third-order valence-electron chi connectivity index (χ3n) is 2.94. The summed E-state index contributed by atoms with van der Waals surface area (Å²) in [6.45, 7) is -0.0724. The van der Waals surface area contributed by atoms with Crippen LogP contribution in [0.4, 0.5) is 13.2 Å². The van der Waals surface area contributed by atoms with E-state index in [2.05, 4.69) is 5.32 Å². The fourth-order valence-corrected chi connectivity index (χ4v) is 1.75. The lowest BCUT2D eigenvalue weighted by Gasteiger charge is -2.14. The normalized spacial score (nSPS) is 12.6. The van der Waals surface area contributed by atoms with Crippen molar-refractivity contribution in [1.82, 2.24) is 5.32 Å². The van der Waals surface area contributed by atoms with Crippen LogP contribution in [0.3, 0.4) is 0 Å². The Kier molecular flexibility index (Phi) is 6.31. The second-order valence-corrected chi connectivity index (χ2v) is 4.37. The Hall–Kier alpha value is -1.94. The predicted octanol–water partition coefficient (Wildman–Crippen LogP) is 2.54. The quantitative estimate of drug-likeness (QED) is 0.786. The molecular formula is C14H17F3N2O2. The van der Waals surface area contributed by atoms with E-state index in [-0.39, 0.29) is 0 Å². The number of methoxy groups -OCH3 is 2. The number of hydrogen-bond donors (Lipinski definition) is 1. The van der Waals surface area contributed by atoms with Gasteiger partial charge in [-0.05, 0) is 30.7 Å². The van der Waals surface area contributed by atoms with Gasteiger partial charge in [0, 0.05) is 6.54 Å². The maximum Gasteiger partial charge on any atom is 0.405 e. The molecule has 0 aliphatic rings. The van der Waals surface area contributed by atoms with Crippen LogP contribution in [-0.4, -0.2) is 33.5 Å². The minimum Gasteiger partial charge on any atom is -0.493 e. The summed E-state index contributed by atoms with van der Waals surface area (Å²) < 4.78 is 47.3. The van der Waals surface area contributed by atoms with Gasteiger partial charge in [0.15, 0.2) is 17.4 Å². The highest BCUT2D eigenvalue weighted by molar-refractivity contribution is 5.42. The van der Waals surface area contributed by atoms with Crippen LogP contribution in [0.5, 0.6) is 11.5 Å². The Balaban J connectivity index is 2.48. The zero-order valence-electron chi connectivity index (χ0n) is 11.8. The van der Waals surface area contributed by atoms with Crippen LogP contribution >= 0.6 is 0 Å². The molecule has 1 rings (SSSR count). The van der Waals surface area contributed by atoms with Crippen LogP contribution in [-0.2, 0) is 6.42 Å². The number of nitrogens with zero attached hydrogens (tertiary/aromatic N) is 1. The van der Waals surface area contributed by atoms with E-state index in [1.807, 2.05) is 6.07 Å². The van der Waals surface area contributed by atoms with E-state index in [0.29, 0.717) is 24.5 Å². The number of hydrogen-bond acceptors (Lipinski definition) is 4. The molecule has 0 radical (unpaired) electrons. The van der Waals surface area contributed by atoms with Crippen LogP contribution < -0.4 is 14.8 Å². The Morgan fingerprint density at radius 3 is 2.43 bits per heavy atom. The van der Waals surface area contributed by atoms with Gasteiger partial charge >= 0.3 is 6.18 Å². The molecule has 0 heterocycles. The maximum atomic E-state index is 12.4. The van der Waals surface area contributed by atoms with E-state index in [9.17, 15) is 13.2 Å². The van der Waals surface area contributed by atoms with Crippen LogP contribution in [0.1, 0.15) is 5.56 Å². The average molecular weight is 302 g/mol. The van der Waals surface area contributed by atoms with Crippen LogP contribution in [0.25, 0.3) is 0 Å². The van der Waals surface area contributed by atoms with Gasteiger partial charge in [0.2, 0.25) is 0 Å². The minimum absolute atomic E-state index is 0.337. The number of nitriles is 1. The first-order chi connectivity index (χ1) is 9.92. The third kappa shape index (κ3) is 5.16. The molecule has 0 saturated heterocycles. The number of halogens is 3. The van der Waals surface area contributed by atoms with Gasteiger partial charge in [0.1, 0.15) is 0 Å². The van der Waals surface area contributed by atoms with Gasteiger partial charge in [-0.3, -0.25) is 0 Å². The highest BCUT2D eigenvalue weighted by atomic mass is 19.4. The molecule has 0 aromatic heterocycles. The summed E-state index contributed by atoms with van der Waals surface area (Å²) >= 11 is 0. The first kappa shape index (κ1) is 17.1. The predicted molar refractivity (Wildman–Crippen MR) is 71.3 cm³/mol. The van der Waals surface area contributed by atoms with E-state index in [0.717, 1.165) is 5.56 Å². The lowest BCUT2D eigenvalue weighted by atomic mass is 10.1. The molecule has 0 aliphatic carbocycles. The van der Waals surface area contributed by atoms with Gasteiger partial charge in [0.25, 0.3) is 0 Å². The summed E-state index contributed by atoms with van der Waals surface area (Å²) in [5.74, 6) is -0.820. The Morgan fingerprint density at radius 2 is 1.90 bits per heavy atom. The standard InChI is InChI=1S/C14H17F3N2O2/c1-20-12-4-3-10(7-13(12)21-2)5-6-19-9-11(8-18)14(15,16)17/h3-4,7,11,19H,5-6,9H2,1-2H3. The zero-order chi connectivity index (χ0) is 15.9. The van der Waals surface area contributed by atoms with Crippen molar-refractivity contribution in [3.63, 3.8) is 0 Å². The molecule has 0 bridgehead atoms. The van der Waals surface area contributed by atoms with E-state index in [1.54, 1.807) is 12.1 Å².